The van der Waals surface area contributed by atoms with Crippen molar-refractivity contribution in [3.63, 3.8) is 0 Å². The topological polar surface area (TPSA) is 84.0 Å². The summed E-state index contributed by atoms with van der Waals surface area (Å²) in [6.07, 6.45) is 1.47. The first-order valence-electron chi connectivity index (χ1n) is 4.96. The van der Waals surface area contributed by atoms with Gasteiger partial charge in [0.15, 0.2) is 12.5 Å². The third-order valence-corrected chi connectivity index (χ3v) is 1.99. The lowest BCUT2D eigenvalue weighted by atomic mass is 10.1. The van der Waals surface area contributed by atoms with Crippen molar-refractivity contribution in [2.45, 2.75) is 6.29 Å². The summed E-state index contributed by atoms with van der Waals surface area (Å²) in [6.45, 7) is 0.112. The van der Waals surface area contributed by atoms with Gasteiger partial charge in [-0.1, -0.05) is 0 Å². The van der Waals surface area contributed by atoms with Gasteiger partial charge in [0.05, 0.1) is 11.8 Å². The zero-order valence-corrected chi connectivity index (χ0v) is 9.99. The minimum atomic E-state index is -1.31. The molecule has 0 saturated heterocycles. The fourth-order valence-corrected chi connectivity index (χ4v) is 1.22. The van der Waals surface area contributed by atoms with E-state index in [9.17, 15) is 9.59 Å². The fraction of sp³-hybridized carbons (Fsp3) is 0.364. The van der Waals surface area contributed by atoms with E-state index in [-0.39, 0.29) is 24.6 Å². The highest BCUT2D eigenvalue weighted by Crippen LogP contribution is 2.19. The Labute approximate surface area is 104 Å². The highest BCUT2D eigenvalue weighted by molar-refractivity contribution is 6.01. The lowest BCUT2D eigenvalue weighted by Gasteiger charge is -2.14. The van der Waals surface area contributed by atoms with Gasteiger partial charge in [0.2, 0.25) is 5.78 Å². The summed E-state index contributed by atoms with van der Waals surface area (Å²) in [7, 11) is 2.70. The smallest absolute Gasteiger partial charge is 0.295 e. The molecule has 1 heterocycles. The number of carbonyl (C=O) groups excluding carboxylic acids is 2. The molecule has 0 aliphatic carbocycles. The summed E-state index contributed by atoms with van der Waals surface area (Å²) in [5, 5.41) is 0. The molecule has 0 saturated carbocycles. The molecule has 0 amide bonds. The van der Waals surface area contributed by atoms with Crippen molar-refractivity contribution in [3.8, 4) is 5.75 Å². The van der Waals surface area contributed by atoms with Crippen LogP contribution >= 0.6 is 0 Å². The molecule has 7 heteroatoms. The van der Waals surface area contributed by atoms with Gasteiger partial charge in [-0.05, 0) is 6.07 Å². The van der Waals surface area contributed by atoms with Crippen LogP contribution in [-0.4, -0.2) is 44.5 Å². The molecule has 0 fully saturated rings. The molecule has 0 N–H and O–H groups in total. The number of hydrogen-bond donors (Lipinski definition) is 0. The number of nitrogens with zero attached hydrogens (tertiary/aromatic N) is 1. The van der Waals surface area contributed by atoms with Gasteiger partial charge >= 0.3 is 0 Å². The zero-order chi connectivity index (χ0) is 13.4. The third-order valence-electron chi connectivity index (χ3n) is 1.99. The molecule has 0 aliphatic rings. The van der Waals surface area contributed by atoms with Crippen molar-refractivity contribution in [1.82, 2.24) is 4.98 Å². The summed E-state index contributed by atoms with van der Waals surface area (Å²) in [4.78, 5) is 26.1. The maximum Gasteiger partial charge on any atom is 0.295 e. The highest BCUT2D eigenvalue weighted by Gasteiger charge is 2.24. The molecule has 1 atom stereocenters. The van der Waals surface area contributed by atoms with E-state index in [0.717, 1.165) is 0 Å². The average molecular weight is 255 g/mol. The lowest BCUT2D eigenvalue weighted by Crippen LogP contribution is -2.26. The Morgan fingerprint density at radius 2 is 2.28 bits per heavy atom. The van der Waals surface area contributed by atoms with Crippen molar-refractivity contribution in [2.75, 3.05) is 21.0 Å². The normalized spacial score (nSPS) is 11.7. The van der Waals surface area contributed by atoms with Crippen LogP contribution in [0.3, 0.4) is 0 Å². The van der Waals surface area contributed by atoms with Crippen LogP contribution in [0.25, 0.3) is 0 Å². The molecule has 7 nitrogen and oxygen atoms in total. The summed E-state index contributed by atoms with van der Waals surface area (Å²) in [5.74, 6) is -0.320. The molecule has 0 aliphatic heterocycles. The number of ketones is 1. The standard InChI is InChI=1S/C11H13NO6/c1-15-7-18-9-5-12-4-3-8(9)10(14)11(16-2)17-6-13/h3-6,11H,7H2,1-2H3. The van der Waals surface area contributed by atoms with Crippen LogP contribution in [-0.2, 0) is 19.0 Å². The molecular weight excluding hydrogens is 242 g/mol. The lowest BCUT2D eigenvalue weighted by molar-refractivity contribution is -0.149. The molecule has 0 radical (unpaired) electrons. The molecule has 1 aromatic rings. The van der Waals surface area contributed by atoms with Gasteiger partial charge in [-0.25, -0.2) is 0 Å². The summed E-state index contributed by atoms with van der Waals surface area (Å²) >= 11 is 0. The number of carbonyl (C=O) groups is 2. The Balaban J connectivity index is 2.92. The molecule has 1 rings (SSSR count). The number of pyridine rings is 1. The van der Waals surface area contributed by atoms with E-state index in [1.54, 1.807) is 0 Å². The van der Waals surface area contributed by atoms with Gasteiger partial charge in [0.25, 0.3) is 12.8 Å². The molecule has 0 spiro atoms. The second kappa shape index (κ2) is 7.36. The number of hydrogen-bond acceptors (Lipinski definition) is 7. The SMILES string of the molecule is COCOc1cnccc1C(=O)C(OC)OC=O. The van der Waals surface area contributed by atoms with Crippen LogP contribution in [0.1, 0.15) is 10.4 Å². The summed E-state index contributed by atoms with van der Waals surface area (Å²) in [5.41, 5.74) is 0.191. The number of methoxy groups -OCH3 is 2. The molecular formula is C11H13NO6. The van der Waals surface area contributed by atoms with Crippen LogP contribution < -0.4 is 4.74 Å². The van der Waals surface area contributed by atoms with Crippen LogP contribution in [0.2, 0.25) is 0 Å². The van der Waals surface area contributed by atoms with E-state index >= 15 is 0 Å². The predicted molar refractivity (Wildman–Crippen MR) is 59.0 cm³/mol. The second-order valence-corrected chi connectivity index (χ2v) is 3.09. The van der Waals surface area contributed by atoms with E-state index in [1.807, 2.05) is 0 Å². The van der Waals surface area contributed by atoms with Gasteiger partial charge in [-0.15, -0.1) is 0 Å². The Morgan fingerprint density at radius 1 is 1.50 bits per heavy atom. The highest BCUT2D eigenvalue weighted by atomic mass is 16.7. The van der Waals surface area contributed by atoms with Crippen molar-refractivity contribution in [2.24, 2.45) is 0 Å². The molecule has 1 aromatic heterocycles. The molecule has 0 aromatic carbocycles. The van der Waals surface area contributed by atoms with Crippen LogP contribution in [0.15, 0.2) is 18.5 Å². The first kappa shape index (κ1) is 14.1. The predicted octanol–water partition coefficient (Wildman–Crippen LogP) is 0.392. The van der Waals surface area contributed by atoms with E-state index in [1.165, 1.54) is 32.7 Å². The number of Topliss-reactive ketones (excluding diaryl/α,β-unsaturated/α-hetero) is 1. The maximum atomic E-state index is 12.0. The first-order valence-corrected chi connectivity index (χ1v) is 4.96. The van der Waals surface area contributed by atoms with Crippen LogP contribution in [0, 0.1) is 0 Å². The molecule has 0 bridgehead atoms. The molecule has 1 unspecified atom stereocenters. The third kappa shape index (κ3) is 3.51. The number of ether oxygens (including phenoxy) is 4. The summed E-state index contributed by atoms with van der Waals surface area (Å²) < 4.78 is 19.2. The molecule has 18 heavy (non-hydrogen) atoms. The minimum Gasteiger partial charge on any atom is -0.465 e. The Bertz CT molecular complexity index is 408. The van der Waals surface area contributed by atoms with Crippen molar-refractivity contribution >= 4 is 12.3 Å². The average Bonchev–Trinajstić information content (AvgIpc) is 2.42. The van der Waals surface area contributed by atoms with Crippen molar-refractivity contribution in [1.29, 1.82) is 0 Å². The second-order valence-electron chi connectivity index (χ2n) is 3.09. The summed E-state index contributed by atoms with van der Waals surface area (Å²) in [6, 6.07) is 1.44. The zero-order valence-electron chi connectivity index (χ0n) is 9.99. The van der Waals surface area contributed by atoms with Crippen LogP contribution in [0.4, 0.5) is 0 Å². The Morgan fingerprint density at radius 3 is 2.89 bits per heavy atom. The van der Waals surface area contributed by atoms with Crippen molar-refractivity contribution in [3.05, 3.63) is 24.0 Å². The monoisotopic (exact) mass is 255 g/mol. The quantitative estimate of drug-likeness (QED) is 0.377. The first-order chi connectivity index (χ1) is 8.74. The van der Waals surface area contributed by atoms with Gasteiger partial charge in [0, 0.05) is 20.4 Å². The van der Waals surface area contributed by atoms with E-state index in [2.05, 4.69) is 9.72 Å². The van der Waals surface area contributed by atoms with Gasteiger partial charge < -0.3 is 18.9 Å². The van der Waals surface area contributed by atoms with E-state index in [4.69, 9.17) is 14.2 Å². The minimum absolute atomic E-state index is 0.0296. The van der Waals surface area contributed by atoms with Gasteiger partial charge in [-0.2, -0.15) is 0 Å². The number of rotatable bonds is 8. The van der Waals surface area contributed by atoms with Crippen LogP contribution in [0.5, 0.6) is 5.75 Å². The van der Waals surface area contributed by atoms with Crippen molar-refractivity contribution < 1.29 is 28.5 Å². The number of aromatic nitrogens is 1. The molecule has 98 valence electrons. The van der Waals surface area contributed by atoms with E-state index < -0.39 is 12.1 Å². The Hall–Kier alpha value is -1.99. The Kier molecular flexibility index (Phi) is 5.75. The van der Waals surface area contributed by atoms with E-state index in [0.29, 0.717) is 0 Å². The maximum absolute atomic E-state index is 12.0. The largest absolute Gasteiger partial charge is 0.465 e. The fourth-order valence-electron chi connectivity index (χ4n) is 1.22. The van der Waals surface area contributed by atoms with Gasteiger partial charge in [-0.3, -0.25) is 14.6 Å². The van der Waals surface area contributed by atoms with Gasteiger partial charge in [0.1, 0.15) is 0 Å².